The van der Waals surface area contributed by atoms with Crippen molar-refractivity contribution in [3.8, 4) is 23.1 Å². The Morgan fingerprint density at radius 1 is 1.00 bits per heavy atom. The summed E-state index contributed by atoms with van der Waals surface area (Å²) in [4.78, 5) is 27.2. The minimum atomic E-state index is -0.437. The van der Waals surface area contributed by atoms with Crippen LogP contribution in [0.15, 0.2) is 79.4 Å². The van der Waals surface area contributed by atoms with Crippen molar-refractivity contribution in [2.24, 2.45) is 7.05 Å². The third kappa shape index (κ3) is 4.53. The van der Waals surface area contributed by atoms with Crippen LogP contribution in [-0.2, 0) is 7.05 Å². The number of carbonyl (C=O) groups excluding carboxylic acids is 1. The van der Waals surface area contributed by atoms with Gasteiger partial charge in [0.25, 0.3) is 5.91 Å². The molecule has 1 aromatic carbocycles. The van der Waals surface area contributed by atoms with Gasteiger partial charge in [-0.15, -0.1) is 5.10 Å². The van der Waals surface area contributed by atoms with Gasteiger partial charge < -0.3 is 11.1 Å². The van der Waals surface area contributed by atoms with Gasteiger partial charge in [-0.1, -0.05) is 36.3 Å². The third-order valence-electron chi connectivity index (χ3n) is 6.29. The Hall–Kier alpha value is -5.56. The number of hydrogen-bond acceptors (Lipinski definition) is 7. The quantitative estimate of drug-likeness (QED) is 0.345. The number of carbonyl (C=O) groups is 1. The van der Waals surface area contributed by atoms with Gasteiger partial charge in [-0.3, -0.25) is 14.5 Å². The maximum Gasteiger partial charge on any atom is 0.259 e. The van der Waals surface area contributed by atoms with Crippen LogP contribution in [0.3, 0.4) is 0 Å². The molecule has 39 heavy (non-hydrogen) atoms. The van der Waals surface area contributed by atoms with Crippen LogP contribution in [0.25, 0.3) is 27.9 Å². The second kappa shape index (κ2) is 9.72. The predicted molar refractivity (Wildman–Crippen MR) is 147 cm³/mol. The third-order valence-corrected chi connectivity index (χ3v) is 6.29. The molecule has 5 heterocycles. The van der Waals surface area contributed by atoms with Crippen LogP contribution in [0.1, 0.15) is 40.1 Å². The second-order valence-corrected chi connectivity index (χ2v) is 8.99. The largest absolute Gasteiger partial charge is 0.381 e. The Labute approximate surface area is 223 Å². The number of nitrogens with two attached hydrogens (primary N) is 1. The maximum atomic E-state index is 13.4. The molecule has 1 unspecified atom stereocenters. The zero-order valence-electron chi connectivity index (χ0n) is 21.2. The number of anilines is 1. The lowest BCUT2D eigenvalue weighted by atomic mass is 9.99. The number of pyridine rings is 2. The monoisotopic (exact) mass is 513 g/mol. The lowest BCUT2D eigenvalue weighted by molar-refractivity contribution is 0.0942. The number of nitrogen functional groups attached to an aromatic ring is 1. The highest BCUT2D eigenvalue weighted by atomic mass is 16.1. The number of benzene rings is 1. The molecule has 1 atom stereocenters. The van der Waals surface area contributed by atoms with Gasteiger partial charge in [0.1, 0.15) is 16.8 Å². The molecule has 3 N–H and O–H groups in total. The van der Waals surface area contributed by atoms with E-state index in [1.54, 1.807) is 29.3 Å². The molecule has 5 aromatic heterocycles. The van der Waals surface area contributed by atoms with Crippen LogP contribution < -0.4 is 11.1 Å². The van der Waals surface area contributed by atoms with Gasteiger partial charge in [0.2, 0.25) is 0 Å². The molecule has 0 aliphatic carbocycles. The first kappa shape index (κ1) is 23.8. The Bertz CT molecular complexity index is 1910. The number of nitrogens with one attached hydrogen (secondary N) is 1. The van der Waals surface area contributed by atoms with Crippen molar-refractivity contribution in [2.45, 2.75) is 13.0 Å². The van der Waals surface area contributed by atoms with Crippen molar-refractivity contribution in [1.29, 1.82) is 0 Å². The van der Waals surface area contributed by atoms with Gasteiger partial charge in [-0.25, -0.2) is 14.5 Å². The average molecular weight is 514 g/mol. The molecule has 0 aliphatic rings. The van der Waals surface area contributed by atoms with Crippen LogP contribution >= 0.6 is 0 Å². The topological polar surface area (TPSA) is 129 Å². The fourth-order valence-electron chi connectivity index (χ4n) is 4.42. The summed E-state index contributed by atoms with van der Waals surface area (Å²) in [6.07, 6.45) is 6.84. The average Bonchev–Trinajstić information content (AvgIpc) is 3.52. The molecule has 10 nitrogen and oxygen atoms in total. The number of amides is 1. The molecule has 0 saturated heterocycles. The molecule has 0 radical (unpaired) electrons. The molecular formula is C29H23N9O. The molecule has 0 bridgehead atoms. The van der Waals surface area contributed by atoms with Crippen molar-refractivity contribution in [3.63, 3.8) is 0 Å². The number of fused-ring (bicyclic) bond motifs is 2. The van der Waals surface area contributed by atoms with Crippen LogP contribution in [0.4, 0.5) is 5.82 Å². The summed E-state index contributed by atoms with van der Waals surface area (Å²) in [5, 5.41) is 11.6. The molecule has 0 saturated carbocycles. The van der Waals surface area contributed by atoms with E-state index in [0.29, 0.717) is 22.4 Å². The zero-order valence-corrected chi connectivity index (χ0v) is 21.2. The summed E-state index contributed by atoms with van der Waals surface area (Å²) >= 11 is 0. The first-order valence-corrected chi connectivity index (χ1v) is 12.2. The van der Waals surface area contributed by atoms with Gasteiger partial charge in [0.05, 0.1) is 22.8 Å². The van der Waals surface area contributed by atoms with E-state index in [4.69, 9.17) is 10.7 Å². The lowest BCUT2D eigenvalue weighted by Gasteiger charge is -2.19. The van der Waals surface area contributed by atoms with Crippen LogP contribution in [0, 0.1) is 11.8 Å². The molecule has 6 rings (SSSR count). The Morgan fingerprint density at radius 2 is 1.85 bits per heavy atom. The molecule has 10 heteroatoms. The second-order valence-electron chi connectivity index (χ2n) is 8.99. The van der Waals surface area contributed by atoms with Crippen molar-refractivity contribution in [2.75, 3.05) is 5.73 Å². The van der Waals surface area contributed by atoms with E-state index in [2.05, 4.69) is 37.3 Å². The normalized spacial score (nSPS) is 11.7. The number of aryl methyl sites for hydroxylation is 1. The number of hydrogen-bond donors (Lipinski definition) is 2. The van der Waals surface area contributed by atoms with E-state index in [0.717, 1.165) is 22.4 Å². The fourth-order valence-corrected chi connectivity index (χ4v) is 4.42. The van der Waals surface area contributed by atoms with E-state index < -0.39 is 6.04 Å². The molecular weight excluding hydrogens is 490 g/mol. The molecule has 0 aliphatic heterocycles. The number of nitrogens with zero attached hydrogens (tertiary/aromatic N) is 7. The summed E-state index contributed by atoms with van der Waals surface area (Å²) in [7, 11) is 1.85. The van der Waals surface area contributed by atoms with E-state index in [-0.39, 0.29) is 17.3 Å². The smallest absolute Gasteiger partial charge is 0.259 e. The molecule has 0 spiro atoms. The van der Waals surface area contributed by atoms with Crippen molar-refractivity contribution < 1.29 is 4.79 Å². The van der Waals surface area contributed by atoms with Crippen LogP contribution in [0.5, 0.6) is 0 Å². The summed E-state index contributed by atoms with van der Waals surface area (Å²) < 4.78 is 3.19. The molecule has 1 amide bonds. The van der Waals surface area contributed by atoms with Crippen LogP contribution in [-0.4, -0.2) is 40.3 Å². The molecule has 190 valence electrons. The predicted octanol–water partition coefficient (Wildman–Crippen LogP) is 3.55. The Kier molecular flexibility index (Phi) is 5.93. The summed E-state index contributed by atoms with van der Waals surface area (Å²) in [5.41, 5.74) is 11.8. The maximum absolute atomic E-state index is 13.4. The van der Waals surface area contributed by atoms with Crippen molar-refractivity contribution >= 4 is 28.4 Å². The lowest BCUT2D eigenvalue weighted by Crippen LogP contribution is -2.28. The SMILES string of the molecule is CC(NC(=O)c1c(N)nn2cccnc12)c1cc2nccc(C#Cc3ccn(C)n3)c2nc1-c1ccccc1. The highest BCUT2D eigenvalue weighted by Gasteiger charge is 2.23. The number of rotatable bonds is 4. The first-order valence-electron chi connectivity index (χ1n) is 12.2. The summed E-state index contributed by atoms with van der Waals surface area (Å²) in [5.74, 6) is 6.02. The molecule has 6 aromatic rings. The summed E-state index contributed by atoms with van der Waals surface area (Å²) in [6.45, 7) is 1.90. The van der Waals surface area contributed by atoms with Crippen molar-refractivity contribution in [3.05, 3.63) is 102 Å². The fraction of sp³-hybridized carbons (Fsp3) is 0.103. The highest BCUT2D eigenvalue weighted by Crippen LogP contribution is 2.31. The van der Waals surface area contributed by atoms with Gasteiger partial charge in [-0.2, -0.15) is 5.10 Å². The van der Waals surface area contributed by atoms with Crippen LogP contribution in [0.2, 0.25) is 0 Å². The minimum Gasteiger partial charge on any atom is -0.381 e. The highest BCUT2D eigenvalue weighted by molar-refractivity contribution is 6.04. The van der Waals surface area contributed by atoms with Gasteiger partial charge >= 0.3 is 0 Å². The van der Waals surface area contributed by atoms with E-state index in [1.807, 2.05) is 68.7 Å². The van der Waals surface area contributed by atoms with E-state index in [1.165, 1.54) is 4.52 Å². The van der Waals surface area contributed by atoms with E-state index in [9.17, 15) is 4.79 Å². The van der Waals surface area contributed by atoms with Gasteiger partial charge in [0, 0.05) is 43.0 Å². The number of aromatic nitrogens is 7. The minimum absolute atomic E-state index is 0.108. The van der Waals surface area contributed by atoms with Gasteiger partial charge in [-0.05, 0) is 37.1 Å². The Morgan fingerprint density at radius 3 is 2.64 bits per heavy atom. The van der Waals surface area contributed by atoms with Crippen molar-refractivity contribution in [1.82, 2.24) is 39.7 Å². The summed E-state index contributed by atoms with van der Waals surface area (Å²) in [6, 6.07) is 16.7. The Balaban J connectivity index is 1.43. The van der Waals surface area contributed by atoms with Gasteiger partial charge in [0.15, 0.2) is 11.5 Å². The zero-order chi connectivity index (χ0) is 26.9. The standard InChI is InChI=1S/C29H23N9O/c1-18(33-29(39)24-27(30)36-38-15-6-13-32-28(24)38)22-17-23-26(34-25(22)19-7-4-3-5-8-19)20(11-14-31-23)9-10-21-12-16-37(2)35-21/h3-8,11-18H,1-2H3,(H2,30,36)(H,33,39). The molecule has 0 fully saturated rings. The first-order chi connectivity index (χ1) is 19.0. The van der Waals surface area contributed by atoms with E-state index >= 15 is 0 Å².